The van der Waals surface area contributed by atoms with Crippen molar-refractivity contribution in [2.45, 2.75) is 19.8 Å². The molecule has 0 unspecified atom stereocenters. The van der Waals surface area contributed by atoms with Crippen LogP contribution in [0, 0.1) is 0 Å². The average Bonchev–Trinajstić information content (AvgIpc) is 2.59. The average molecular weight is 363 g/mol. The lowest BCUT2D eigenvalue weighted by molar-refractivity contribution is 0.247. The molecule has 2 aromatic carbocycles. The van der Waals surface area contributed by atoms with Crippen LogP contribution in [0.2, 0.25) is 5.02 Å². The third kappa shape index (κ3) is 5.87. The highest BCUT2D eigenvalue weighted by atomic mass is 35.5. The minimum atomic E-state index is -0.348. The summed E-state index contributed by atoms with van der Waals surface area (Å²) in [6.07, 6.45) is 0. The van der Waals surface area contributed by atoms with Gasteiger partial charge < -0.3 is 20.1 Å². The molecule has 0 radical (unpaired) electrons. The Bertz CT molecular complexity index is 702. The maximum atomic E-state index is 11.9. The number of urea groups is 1. The molecule has 134 valence electrons. The Balaban J connectivity index is 1.76. The van der Waals surface area contributed by atoms with E-state index in [9.17, 15) is 4.79 Å². The normalized spacial score (nSPS) is 10.4. The van der Waals surface area contributed by atoms with E-state index < -0.39 is 0 Å². The fourth-order valence-electron chi connectivity index (χ4n) is 2.23. The minimum absolute atomic E-state index is 0.348. The van der Waals surface area contributed by atoms with E-state index in [4.69, 9.17) is 21.1 Å². The van der Waals surface area contributed by atoms with Crippen LogP contribution < -0.4 is 20.1 Å². The second kappa shape index (κ2) is 9.18. The van der Waals surface area contributed by atoms with Crippen molar-refractivity contribution in [3.8, 4) is 11.5 Å². The summed E-state index contributed by atoms with van der Waals surface area (Å²) in [5.74, 6) is 1.81. The summed E-state index contributed by atoms with van der Waals surface area (Å²) in [7, 11) is 1.53. The van der Waals surface area contributed by atoms with Gasteiger partial charge in [-0.1, -0.05) is 37.6 Å². The van der Waals surface area contributed by atoms with Gasteiger partial charge in [-0.25, -0.2) is 4.79 Å². The number of halogens is 1. The predicted molar refractivity (Wildman–Crippen MR) is 101 cm³/mol. The fraction of sp³-hybridized carbons (Fsp3) is 0.316. The van der Waals surface area contributed by atoms with Gasteiger partial charge in [0.15, 0.2) is 0 Å². The summed E-state index contributed by atoms with van der Waals surface area (Å²) >= 11 is 5.94. The molecule has 2 N–H and O–H groups in total. The molecule has 0 aromatic heterocycles. The van der Waals surface area contributed by atoms with Crippen molar-refractivity contribution in [1.82, 2.24) is 5.32 Å². The predicted octanol–water partition coefficient (Wildman–Crippen LogP) is 4.67. The molecule has 0 fully saturated rings. The second-order valence-electron chi connectivity index (χ2n) is 5.80. The molecule has 0 spiro atoms. The summed E-state index contributed by atoms with van der Waals surface area (Å²) in [6, 6.07) is 12.6. The van der Waals surface area contributed by atoms with Crippen molar-refractivity contribution < 1.29 is 14.3 Å². The summed E-state index contributed by atoms with van der Waals surface area (Å²) < 4.78 is 10.8. The van der Waals surface area contributed by atoms with Gasteiger partial charge >= 0.3 is 6.03 Å². The van der Waals surface area contributed by atoms with Gasteiger partial charge in [-0.05, 0) is 41.8 Å². The Morgan fingerprint density at radius 2 is 1.88 bits per heavy atom. The van der Waals surface area contributed by atoms with Crippen LogP contribution in [0.4, 0.5) is 10.5 Å². The summed E-state index contributed by atoms with van der Waals surface area (Å²) in [4.78, 5) is 11.9. The first-order valence-electron chi connectivity index (χ1n) is 8.10. The third-order valence-corrected chi connectivity index (χ3v) is 3.85. The van der Waals surface area contributed by atoms with E-state index in [1.807, 2.05) is 24.3 Å². The monoisotopic (exact) mass is 362 g/mol. The van der Waals surface area contributed by atoms with Crippen LogP contribution in [-0.2, 0) is 0 Å². The Morgan fingerprint density at radius 1 is 1.16 bits per heavy atom. The minimum Gasteiger partial charge on any atom is -0.495 e. The largest absolute Gasteiger partial charge is 0.495 e. The first kappa shape index (κ1) is 18.9. The Kier molecular flexibility index (Phi) is 6.95. The van der Waals surface area contributed by atoms with Crippen molar-refractivity contribution >= 4 is 23.3 Å². The van der Waals surface area contributed by atoms with Gasteiger partial charge in [0.25, 0.3) is 0 Å². The molecule has 5 nitrogen and oxygen atoms in total. The summed E-state index contributed by atoms with van der Waals surface area (Å²) in [6.45, 7) is 5.04. The zero-order chi connectivity index (χ0) is 18.2. The number of hydrogen-bond acceptors (Lipinski definition) is 3. The molecule has 2 amide bonds. The Hall–Kier alpha value is -2.40. The maximum Gasteiger partial charge on any atom is 0.319 e. The fourth-order valence-corrected chi connectivity index (χ4v) is 2.40. The van der Waals surface area contributed by atoms with Crippen LogP contribution in [0.1, 0.15) is 25.3 Å². The van der Waals surface area contributed by atoms with Gasteiger partial charge in [0.05, 0.1) is 19.3 Å². The first-order valence-corrected chi connectivity index (χ1v) is 8.48. The van der Waals surface area contributed by atoms with Crippen LogP contribution in [0.15, 0.2) is 42.5 Å². The molecular formula is C19H23ClN2O3. The van der Waals surface area contributed by atoms with Crippen molar-refractivity contribution in [3.63, 3.8) is 0 Å². The molecule has 0 saturated heterocycles. The van der Waals surface area contributed by atoms with Crippen molar-refractivity contribution in [1.29, 1.82) is 0 Å². The second-order valence-corrected chi connectivity index (χ2v) is 6.23. The number of ether oxygens (including phenoxy) is 2. The van der Waals surface area contributed by atoms with Gasteiger partial charge in [-0.2, -0.15) is 0 Å². The lowest BCUT2D eigenvalue weighted by atomic mass is 10.0. The number of nitrogens with one attached hydrogen (secondary N) is 2. The molecule has 2 rings (SSSR count). The first-order chi connectivity index (χ1) is 12.0. The zero-order valence-corrected chi connectivity index (χ0v) is 15.4. The summed E-state index contributed by atoms with van der Waals surface area (Å²) in [5, 5.41) is 5.95. The number of methoxy groups -OCH3 is 1. The molecule has 0 aliphatic heterocycles. The number of anilines is 1. The SMILES string of the molecule is COc1ccc(Cl)cc1NC(=O)NCCOc1ccc(C(C)C)cc1. The highest BCUT2D eigenvalue weighted by Gasteiger charge is 2.08. The maximum absolute atomic E-state index is 11.9. The van der Waals surface area contributed by atoms with Gasteiger partial charge in [0.2, 0.25) is 0 Å². The van der Waals surface area contributed by atoms with E-state index in [-0.39, 0.29) is 6.03 Å². The van der Waals surface area contributed by atoms with Crippen LogP contribution in [-0.4, -0.2) is 26.3 Å². The van der Waals surface area contributed by atoms with Crippen LogP contribution in [0.25, 0.3) is 0 Å². The van der Waals surface area contributed by atoms with Crippen LogP contribution in [0.3, 0.4) is 0 Å². The van der Waals surface area contributed by atoms with E-state index in [0.717, 1.165) is 5.75 Å². The van der Waals surface area contributed by atoms with Crippen molar-refractivity contribution in [2.24, 2.45) is 0 Å². The molecule has 0 saturated carbocycles. The molecule has 0 aliphatic rings. The van der Waals surface area contributed by atoms with Gasteiger partial charge in [-0.15, -0.1) is 0 Å². The van der Waals surface area contributed by atoms with E-state index in [1.54, 1.807) is 18.2 Å². The van der Waals surface area contributed by atoms with Crippen molar-refractivity contribution in [2.75, 3.05) is 25.6 Å². The third-order valence-electron chi connectivity index (χ3n) is 3.61. The smallest absolute Gasteiger partial charge is 0.319 e. The molecule has 25 heavy (non-hydrogen) atoms. The molecule has 2 aromatic rings. The molecular weight excluding hydrogens is 340 g/mol. The van der Waals surface area contributed by atoms with Crippen LogP contribution in [0.5, 0.6) is 11.5 Å². The van der Waals surface area contributed by atoms with E-state index in [1.165, 1.54) is 12.7 Å². The van der Waals surface area contributed by atoms with E-state index in [0.29, 0.717) is 35.5 Å². The highest BCUT2D eigenvalue weighted by molar-refractivity contribution is 6.31. The molecule has 0 aliphatic carbocycles. The van der Waals surface area contributed by atoms with Gasteiger partial charge in [-0.3, -0.25) is 0 Å². The lowest BCUT2D eigenvalue weighted by Crippen LogP contribution is -2.32. The molecule has 6 heteroatoms. The molecule has 0 heterocycles. The lowest BCUT2D eigenvalue weighted by Gasteiger charge is -2.12. The molecule has 0 bridgehead atoms. The van der Waals surface area contributed by atoms with E-state index >= 15 is 0 Å². The summed E-state index contributed by atoms with van der Waals surface area (Å²) in [5.41, 5.74) is 1.78. The van der Waals surface area contributed by atoms with Crippen molar-refractivity contribution in [3.05, 3.63) is 53.1 Å². The topological polar surface area (TPSA) is 59.6 Å². The van der Waals surface area contributed by atoms with Gasteiger partial charge in [0, 0.05) is 5.02 Å². The highest BCUT2D eigenvalue weighted by Crippen LogP contribution is 2.27. The number of carbonyl (C=O) groups excluding carboxylic acids is 1. The number of carbonyl (C=O) groups is 1. The zero-order valence-electron chi connectivity index (χ0n) is 14.6. The Labute approximate surface area is 153 Å². The van der Waals surface area contributed by atoms with E-state index in [2.05, 4.69) is 24.5 Å². The Morgan fingerprint density at radius 3 is 2.52 bits per heavy atom. The number of benzene rings is 2. The quantitative estimate of drug-likeness (QED) is 0.703. The number of hydrogen-bond donors (Lipinski definition) is 2. The number of rotatable bonds is 7. The standard InChI is InChI=1S/C19H23ClN2O3/c1-13(2)14-4-7-16(8-5-14)25-11-10-21-19(23)22-17-12-15(20)6-9-18(17)24-3/h4-9,12-13H,10-11H2,1-3H3,(H2,21,22,23). The van der Waals surface area contributed by atoms with Gasteiger partial charge in [0.1, 0.15) is 18.1 Å². The molecule has 0 atom stereocenters. The van der Waals surface area contributed by atoms with Crippen LogP contribution >= 0.6 is 11.6 Å². The number of amides is 2.